The van der Waals surface area contributed by atoms with Crippen LogP contribution in [-0.4, -0.2) is 24.5 Å². The fraction of sp³-hybridized carbons (Fsp3) is 0.357. The molecule has 2 aromatic rings. The summed E-state index contributed by atoms with van der Waals surface area (Å²) in [7, 11) is -2.07. The number of nitrogens with zero attached hydrogens (tertiary/aromatic N) is 3. The molecular weight excluding hydrogens is 310 g/mol. The van der Waals surface area contributed by atoms with Crippen LogP contribution in [0.3, 0.4) is 0 Å². The molecule has 0 N–H and O–H groups in total. The highest BCUT2D eigenvalue weighted by atomic mass is 35.5. The lowest BCUT2D eigenvalue weighted by Gasteiger charge is -2.33. The van der Waals surface area contributed by atoms with Crippen molar-refractivity contribution in [3.05, 3.63) is 41.3 Å². The number of anilines is 1. The molecule has 0 unspecified atom stereocenters. The summed E-state index contributed by atoms with van der Waals surface area (Å²) in [6.07, 6.45) is 2.19. The van der Waals surface area contributed by atoms with Crippen LogP contribution in [0.15, 0.2) is 35.6 Å². The van der Waals surface area contributed by atoms with Gasteiger partial charge in [-0.05, 0) is 24.0 Å². The summed E-state index contributed by atoms with van der Waals surface area (Å²) >= 11 is 6.06. The third-order valence-electron chi connectivity index (χ3n) is 3.87. The Labute approximate surface area is 129 Å². The monoisotopic (exact) mass is 325 g/mol. The van der Waals surface area contributed by atoms with Crippen molar-refractivity contribution in [2.75, 3.05) is 10.8 Å². The summed E-state index contributed by atoms with van der Waals surface area (Å²) in [6.45, 7) is 2.55. The van der Waals surface area contributed by atoms with Gasteiger partial charge in [0.2, 0.25) is 5.03 Å². The van der Waals surface area contributed by atoms with Gasteiger partial charge >= 0.3 is 0 Å². The molecule has 1 aromatic heterocycles. The van der Waals surface area contributed by atoms with Gasteiger partial charge in [-0.1, -0.05) is 36.7 Å². The first kappa shape index (κ1) is 14.4. The Balaban J connectivity index is 2.13. The number of para-hydroxylation sites is 1. The molecule has 0 saturated carbocycles. The number of hydrogen-bond donors (Lipinski definition) is 0. The lowest BCUT2D eigenvalue weighted by atomic mass is 9.93. The van der Waals surface area contributed by atoms with Crippen LogP contribution >= 0.6 is 11.6 Å². The molecule has 1 atom stereocenters. The molecule has 1 aromatic carbocycles. The maximum Gasteiger partial charge on any atom is 0.284 e. The molecule has 0 amide bonds. The van der Waals surface area contributed by atoms with Crippen LogP contribution in [0.1, 0.15) is 24.8 Å². The molecule has 5 nitrogen and oxygen atoms in total. The predicted molar refractivity (Wildman–Crippen MR) is 82.2 cm³/mol. The largest absolute Gasteiger partial charge is 0.324 e. The molecule has 0 bridgehead atoms. The minimum absolute atomic E-state index is 0.0870. The summed E-state index contributed by atoms with van der Waals surface area (Å²) in [5.41, 5.74) is 1.76. The van der Waals surface area contributed by atoms with E-state index in [1.807, 2.05) is 24.3 Å². The zero-order chi connectivity index (χ0) is 15.2. The molecule has 0 saturated heterocycles. The third-order valence-corrected chi connectivity index (χ3v) is 6.18. The van der Waals surface area contributed by atoms with E-state index in [4.69, 9.17) is 11.6 Å². The number of imidazole rings is 1. The Morgan fingerprint density at radius 3 is 2.71 bits per heavy atom. The predicted octanol–water partition coefficient (Wildman–Crippen LogP) is 2.78. The van der Waals surface area contributed by atoms with Gasteiger partial charge in [-0.25, -0.2) is 4.98 Å². The number of rotatable bonds is 2. The Bertz CT molecular complexity index is 785. The first-order valence-electron chi connectivity index (χ1n) is 6.71. The van der Waals surface area contributed by atoms with Crippen LogP contribution in [0.5, 0.6) is 0 Å². The van der Waals surface area contributed by atoms with Gasteiger partial charge in [-0.2, -0.15) is 8.42 Å². The minimum Gasteiger partial charge on any atom is -0.324 e. The van der Waals surface area contributed by atoms with E-state index in [9.17, 15) is 8.42 Å². The molecule has 0 spiro atoms. The SMILES string of the molecule is C[C@H]1CCN(S(=O)(=O)c2ncn(C)c2Cl)c2ccccc21. The summed E-state index contributed by atoms with van der Waals surface area (Å²) in [5.74, 6) is 0.340. The van der Waals surface area contributed by atoms with Gasteiger partial charge in [0, 0.05) is 13.6 Å². The van der Waals surface area contributed by atoms with E-state index >= 15 is 0 Å². The quantitative estimate of drug-likeness (QED) is 0.853. The normalized spacial score (nSPS) is 18.6. The maximum atomic E-state index is 12.9. The number of sulfonamides is 1. The number of benzene rings is 1. The van der Waals surface area contributed by atoms with Crippen molar-refractivity contribution in [3.8, 4) is 0 Å². The molecule has 0 aliphatic carbocycles. The number of halogens is 1. The fourth-order valence-electron chi connectivity index (χ4n) is 2.64. The third kappa shape index (κ3) is 2.22. The van der Waals surface area contributed by atoms with Crippen LogP contribution in [0, 0.1) is 0 Å². The number of fused-ring (bicyclic) bond motifs is 1. The smallest absolute Gasteiger partial charge is 0.284 e. The van der Waals surface area contributed by atoms with Crippen molar-refractivity contribution in [1.29, 1.82) is 0 Å². The van der Waals surface area contributed by atoms with Crippen LogP contribution in [0.25, 0.3) is 0 Å². The van der Waals surface area contributed by atoms with Gasteiger partial charge < -0.3 is 4.57 Å². The van der Waals surface area contributed by atoms with Gasteiger partial charge in [0.15, 0.2) is 0 Å². The number of hydrogen-bond acceptors (Lipinski definition) is 3. The van der Waals surface area contributed by atoms with E-state index < -0.39 is 10.0 Å². The second-order valence-electron chi connectivity index (χ2n) is 5.28. The van der Waals surface area contributed by atoms with E-state index in [0.29, 0.717) is 12.5 Å². The van der Waals surface area contributed by atoms with E-state index in [0.717, 1.165) is 17.7 Å². The lowest BCUT2D eigenvalue weighted by Crippen LogP contribution is -2.36. The highest BCUT2D eigenvalue weighted by molar-refractivity contribution is 7.92. The Morgan fingerprint density at radius 2 is 2.05 bits per heavy atom. The molecule has 1 aliphatic rings. The van der Waals surface area contributed by atoms with E-state index in [1.165, 1.54) is 15.2 Å². The average molecular weight is 326 g/mol. The van der Waals surface area contributed by atoms with Crippen molar-refractivity contribution in [3.63, 3.8) is 0 Å². The Morgan fingerprint density at radius 1 is 1.33 bits per heavy atom. The van der Waals surface area contributed by atoms with Crippen molar-refractivity contribution < 1.29 is 8.42 Å². The van der Waals surface area contributed by atoms with Crippen molar-refractivity contribution in [2.24, 2.45) is 7.05 Å². The van der Waals surface area contributed by atoms with E-state index in [-0.39, 0.29) is 10.2 Å². The van der Waals surface area contributed by atoms with Crippen LogP contribution < -0.4 is 4.31 Å². The standard InChI is InChI=1S/C14H16ClN3O2S/c1-10-7-8-18(12-6-4-3-5-11(10)12)21(19,20)14-13(15)17(2)9-16-14/h3-6,9-10H,7-8H2,1-2H3/t10-/m0/s1. The molecule has 0 fully saturated rings. The Kier molecular flexibility index (Phi) is 3.45. The molecule has 112 valence electrons. The molecule has 1 aliphatic heterocycles. The summed E-state index contributed by atoms with van der Waals surface area (Å²) in [6, 6.07) is 7.58. The Hall–Kier alpha value is -1.53. The summed E-state index contributed by atoms with van der Waals surface area (Å²) < 4.78 is 28.6. The van der Waals surface area contributed by atoms with Crippen molar-refractivity contribution >= 4 is 27.3 Å². The first-order valence-corrected chi connectivity index (χ1v) is 8.53. The zero-order valence-electron chi connectivity index (χ0n) is 11.8. The molecule has 2 heterocycles. The van der Waals surface area contributed by atoms with E-state index in [1.54, 1.807) is 7.05 Å². The molecule has 3 rings (SSSR count). The van der Waals surface area contributed by atoms with Gasteiger partial charge in [-0.15, -0.1) is 0 Å². The van der Waals surface area contributed by atoms with Gasteiger partial charge in [0.05, 0.1) is 12.0 Å². The molecule has 7 heteroatoms. The number of aryl methyl sites for hydroxylation is 1. The maximum absolute atomic E-state index is 12.9. The zero-order valence-corrected chi connectivity index (χ0v) is 13.4. The van der Waals surface area contributed by atoms with Crippen LogP contribution in [0.4, 0.5) is 5.69 Å². The lowest BCUT2D eigenvalue weighted by molar-refractivity contribution is 0.575. The average Bonchev–Trinajstić information content (AvgIpc) is 2.80. The second-order valence-corrected chi connectivity index (χ2v) is 7.41. The van der Waals surface area contributed by atoms with Gasteiger partial charge in [0.25, 0.3) is 10.0 Å². The van der Waals surface area contributed by atoms with Gasteiger partial charge in [0.1, 0.15) is 5.15 Å². The molecule has 0 radical (unpaired) electrons. The summed E-state index contributed by atoms with van der Waals surface area (Å²) in [5, 5.41) is 0.0436. The van der Waals surface area contributed by atoms with Crippen LogP contribution in [0.2, 0.25) is 5.15 Å². The molecule has 21 heavy (non-hydrogen) atoms. The van der Waals surface area contributed by atoms with Gasteiger partial charge in [-0.3, -0.25) is 4.31 Å². The second kappa shape index (κ2) is 5.03. The summed E-state index contributed by atoms with van der Waals surface area (Å²) in [4.78, 5) is 3.96. The minimum atomic E-state index is -3.74. The fourth-order valence-corrected chi connectivity index (χ4v) is 4.54. The highest BCUT2D eigenvalue weighted by Crippen LogP contribution is 2.38. The first-order chi connectivity index (χ1) is 9.93. The highest BCUT2D eigenvalue weighted by Gasteiger charge is 2.34. The van der Waals surface area contributed by atoms with Crippen molar-refractivity contribution in [2.45, 2.75) is 24.3 Å². The topological polar surface area (TPSA) is 55.2 Å². The van der Waals surface area contributed by atoms with Crippen molar-refractivity contribution in [1.82, 2.24) is 9.55 Å². The van der Waals surface area contributed by atoms with E-state index in [2.05, 4.69) is 11.9 Å². The van der Waals surface area contributed by atoms with Crippen LogP contribution in [-0.2, 0) is 17.1 Å². The molecular formula is C14H16ClN3O2S. The number of aromatic nitrogens is 2.